The summed E-state index contributed by atoms with van der Waals surface area (Å²) in [5.41, 5.74) is 1.12. The van der Waals surface area contributed by atoms with E-state index in [0.717, 1.165) is 11.8 Å². The maximum Gasteiger partial charge on any atom is 0.161 e. The molecule has 16 heavy (non-hydrogen) atoms. The van der Waals surface area contributed by atoms with Gasteiger partial charge in [0.25, 0.3) is 0 Å². The molecule has 0 saturated carbocycles. The molecule has 0 fully saturated rings. The second kappa shape index (κ2) is 4.02. The molecule has 0 spiro atoms. The first-order chi connectivity index (χ1) is 7.66. The van der Waals surface area contributed by atoms with Gasteiger partial charge in [-0.25, -0.2) is 0 Å². The van der Waals surface area contributed by atoms with Crippen LogP contribution in [0.2, 0.25) is 0 Å². The van der Waals surface area contributed by atoms with Gasteiger partial charge in [0, 0.05) is 17.8 Å². The minimum atomic E-state index is -0.351. The number of anilines is 2. The fraction of sp³-hybridized carbons (Fsp3) is 0. The first-order valence-corrected chi connectivity index (χ1v) is 4.74. The maximum atomic E-state index is 9.54. The van der Waals surface area contributed by atoms with Gasteiger partial charge in [-0.05, 0) is 12.1 Å². The van der Waals surface area contributed by atoms with E-state index in [1.54, 1.807) is 0 Å². The molecule has 2 rings (SSSR count). The van der Waals surface area contributed by atoms with Crippen molar-refractivity contribution in [3.05, 3.63) is 42.5 Å². The van der Waals surface area contributed by atoms with Gasteiger partial charge >= 0.3 is 0 Å². The molecule has 0 bridgehead atoms. The predicted octanol–water partition coefficient (Wildman–Crippen LogP) is 2.55. The van der Waals surface area contributed by atoms with Crippen molar-refractivity contribution in [1.82, 2.24) is 0 Å². The van der Waals surface area contributed by atoms with Crippen molar-refractivity contribution in [2.45, 2.75) is 0 Å². The Kier molecular flexibility index (Phi) is 2.55. The zero-order valence-electron chi connectivity index (χ0n) is 8.38. The second-order valence-electron chi connectivity index (χ2n) is 3.35. The van der Waals surface area contributed by atoms with E-state index in [1.807, 2.05) is 30.3 Å². The monoisotopic (exact) mass is 217 g/mol. The van der Waals surface area contributed by atoms with E-state index in [-0.39, 0.29) is 17.2 Å². The lowest BCUT2D eigenvalue weighted by Crippen LogP contribution is -1.90. The van der Waals surface area contributed by atoms with Crippen LogP contribution in [0.3, 0.4) is 0 Å². The van der Waals surface area contributed by atoms with Crippen LogP contribution in [-0.2, 0) is 0 Å². The van der Waals surface area contributed by atoms with E-state index >= 15 is 0 Å². The first-order valence-electron chi connectivity index (χ1n) is 4.74. The topological polar surface area (TPSA) is 72.7 Å². The molecule has 0 radical (unpaired) electrons. The number of phenols is 3. The van der Waals surface area contributed by atoms with E-state index in [0.29, 0.717) is 5.69 Å². The summed E-state index contributed by atoms with van der Waals surface area (Å²) in [6, 6.07) is 11.6. The lowest BCUT2D eigenvalue weighted by molar-refractivity contribution is 0.397. The first kappa shape index (κ1) is 10.2. The van der Waals surface area contributed by atoms with E-state index < -0.39 is 0 Å². The number of para-hydroxylation sites is 1. The van der Waals surface area contributed by atoms with Crippen LogP contribution in [0.25, 0.3) is 0 Å². The summed E-state index contributed by atoms with van der Waals surface area (Å²) in [6.07, 6.45) is 0. The Bertz CT molecular complexity index is 497. The molecule has 0 aromatic heterocycles. The average molecular weight is 217 g/mol. The lowest BCUT2D eigenvalue weighted by Gasteiger charge is -2.09. The van der Waals surface area contributed by atoms with Gasteiger partial charge in [0.15, 0.2) is 11.5 Å². The molecule has 2 aromatic carbocycles. The summed E-state index contributed by atoms with van der Waals surface area (Å²) in [5, 5.41) is 30.9. The van der Waals surface area contributed by atoms with Crippen molar-refractivity contribution in [1.29, 1.82) is 0 Å². The second-order valence-corrected chi connectivity index (χ2v) is 3.35. The van der Waals surface area contributed by atoms with Crippen LogP contribution in [0, 0.1) is 0 Å². The Morgan fingerprint density at radius 2 is 1.38 bits per heavy atom. The van der Waals surface area contributed by atoms with E-state index in [2.05, 4.69) is 5.32 Å². The van der Waals surface area contributed by atoms with Crippen LogP contribution in [0.5, 0.6) is 17.2 Å². The number of benzene rings is 2. The minimum Gasteiger partial charge on any atom is -0.506 e. The van der Waals surface area contributed by atoms with Crippen molar-refractivity contribution in [3.63, 3.8) is 0 Å². The normalized spacial score (nSPS) is 10.0. The summed E-state index contributed by atoms with van der Waals surface area (Å²) in [5.74, 6) is -0.758. The molecular weight excluding hydrogens is 206 g/mol. The van der Waals surface area contributed by atoms with Gasteiger partial charge in [-0.3, -0.25) is 0 Å². The predicted molar refractivity (Wildman–Crippen MR) is 61.2 cm³/mol. The highest BCUT2D eigenvalue weighted by molar-refractivity contribution is 5.69. The largest absolute Gasteiger partial charge is 0.506 e. The lowest BCUT2D eigenvalue weighted by atomic mass is 10.2. The minimum absolute atomic E-state index is 0.126. The molecule has 82 valence electrons. The molecule has 4 N–H and O–H groups in total. The van der Waals surface area contributed by atoms with Crippen LogP contribution in [0.1, 0.15) is 0 Å². The Morgan fingerprint density at radius 1 is 0.750 bits per heavy atom. The molecule has 0 aliphatic heterocycles. The quantitative estimate of drug-likeness (QED) is 0.460. The summed E-state index contributed by atoms with van der Waals surface area (Å²) in [4.78, 5) is 0. The van der Waals surface area contributed by atoms with Crippen LogP contribution in [0.4, 0.5) is 11.4 Å². The van der Waals surface area contributed by atoms with Gasteiger partial charge < -0.3 is 20.6 Å². The summed E-state index contributed by atoms with van der Waals surface area (Å²) in [7, 11) is 0. The fourth-order valence-electron chi connectivity index (χ4n) is 1.34. The molecule has 0 unspecified atom stereocenters. The van der Waals surface area contributed by atoms with Crippen molar-refractivity contribution < 1.29 is 15.3 Å². The highest BCUT2D eigenvalue weighted by Crippen LogP contribution is 2.36. The molecule has 4 heteroatoms. The SMILES string of the molecule is Oc1cc(O)c(Nc2ccccc2)cc1O. The third kappa shape index (κ3) is 2.00. The zero-order chi connectivity index (χ0) is 11.5. The van der Waals surface area contributed by atoms with Crippen LogP contribution in [0.15, 0.2) is 42.5 Å². The van der Waals surface area contributed by atoms with Crippen molar-refractivity contribution in [3.8, 4) is 17.2 Å². The molecule has 0 aliphatic carbocycles. The number of aromatic hydroxyl groups is 3. The highest BCUT2D eigenvalue weighted by Gasteiger charge is 2.07. The van der Waals surface area contributed by atoms with E-state index in [9.17, 15) is 10.2 Å². The molecule has 0 aliphatic rings. The smallest absolute Gasteiger partial charge is 0.161 e. The van der Waals surface area contributed by atoms with Gasteiger partial charge in [-0.2, -0.15) is 0 Å². The number of phenolic OH excluding ortho intramolecular Hbond substituents is 3. The summed E-state index contributed by atoms with van der Waals surface area (Å²) < 4.78 is 0. The van der Waals surface area contributed by atoms with Crippen molar-refractivity contribution >= 4 is 11.4 Å². The number of nitrogens with one attached hydrogen (secondary N) is 1. The molecular formula is C12H11NO3. The van der Waals surface area contributed by atoms with Crippen molar-refractivity contribution in [2.24, 2.45) is 0 Å². The van der Waals surface area contributed by atoms with Crippen molar-refractivity contribution in [2.75, 3.05) is 5.32 Å². The Balaban J connectivity index is 2.32. The molecule has 2 aromatic rings. The third-order valence-corrected chi connectivity index (χ3v) is 2.15. The number of rotatable bonds is 2. The van der Waals surface area contributed by atoms with Crippen LogP contribution in [-0.4, -0.2) is 15.3 Å². The number of hydrogen-bond donors (Lipinski definition) is 4. The Labute approximate surface area is 92.4 Å². The van der Waals surface area contributed by atoms with E-state index in [1.165, 1.54) is 6.07 Å². The van der Waals surface area contributed by atoms with Gasteiger partial charge in [-0.15, -0.1) is 0 Å². The number of hydrogen-bond acceptors (Lipinski definition) is 4. The van der Waals surface area contributed by atoms with Gasteiger partial charge in [-0.1, -0.05) is 18.2 Å². The molecule has 4 nitrogen and oxygen atoms in total. The molecule has 0 saturated heterocycles. The zero-order valence-corrected chi connectivity index (χ0v) is 8.38. The van der Waals surface area contributed by atoms with Crippen LogP contribution < -0.4 is 5.32 Å². The van der Waals surface area contributed by atoms with Gasteiger partial charge in [0.05, 0.1) is 5.69 Å². The Hall–Kier alpha value is -2.36. The van der Waals surface area contributed by atoms with E-state index in [4.69, 9.17) is 5.11 Å². The third-order valence-electron chi connectivity index (χ3n) is 2.15. The fourth-order valence-corrected chi connectivity index (χ4v) is 1.34. The highest BCUT2D eigenvalue weighted by atomic mass is 16.3. The summed E-state index contributed by atoms with van der Waals surface area (Å²) in [6.45, 7) is 0. The molecule has 0 amide bonds. The molecule has 0 atom stereocenters. The van der Waals surface area contributed by atoms with Gasteiger partial charge in [0.2, 0.25) is 0 Å². The standard InChI is InChI=1S/C12H11NO3/c14-10-7-12(16)11(15)6-9(10)13-8-4-2-1-3-5-8/h1-7,13-16H. The molecule has 0 heterocycles. The van der Waals surface area contributed by atoms with Crippen LogP contribution >= 0.6 is 0 Å². The Morgan fingerprint density at radius 3 is 2.06 bits per heavy atom. The average Bonchev–Trinajstić information content (AvgIpc) is 2.27. The maximum absolute atomic E-state index is 9.54. The summed E-state index contributed by atoms with van der Waals surface area (Å²) >= 11 is 0. The van der Waals surface area contributed by atoms with Gasteiger partial charge in [0.1, 0.15) is 5.75 Å².